The van der Waals surface area contributed by atoms with E-state index in [1.165, 1.54) is 12.4 Å². The van der Waals surface area contributed by atoms with Crippen molar-refractivity contribution in [2.45, 2.75) is 6.92 Å². The molecule has 1 amide bonds. The first-order valence-electron chi connectivity index (χ1n) is 4.79. The summed E-state index contributed by atoms with van der Waals surface area (Å²) in [7, 11) is 0. The van der Waals surface area contributed by atoms with Gasteiger partial charge < -0.3 is 10.1 Å². The molecule has 0 bridgehead atoms. The minimum absolute atomic E-state index is 0.0559. The van der Waals surface area contributed by atoms with Crippen molar-refractivity contribution in [2.24, 2.45) is 0 Å². The van der Waals surface area contributed by atoms with Crippen LogP contribution in [-0.2, 0) is 9.53 Å². The van der Waals surface area contributed by atoms with Gasteiger partial charge in [-0.05, 0) is 6.92 Å². The largest absolute Gasteiger partial charge is 0.451 e. The lowest BCUT2D eigenvalue weighted by Gasteiger charge is -2.03. The molecule has 1 rings (SSSR count). The third kappa shape index (κ3) is 4.30. The second-order valence-corrected chi connectivity index (χ2v) is 3.10. The molecular weight excluding hydrogens is 222 g/mol. The Morgan fingerprint density at radius 3 is 2.82 bits per heavy atom. The van der Waals surface area contributed by atoms with Crippen molar-refractivity contribution in [1.29, 1.82) is 0 Å². The van der Waals surface area contributed by atoms with Gasteiger partial charge in [0.2, 0.25) is 0 Å². The molecule has 6 heteroatoms. The number of rotatable bonds is 4. The standard InChI is InChI=1S/C11H11N3O3/c1-3-4-12-10(15)7-17-11(16)9-6-13-8(2)5-14-9/h1,5-6H,4,7H2,2H3,(H,12,15). The number of aromatic nitrogens is 2. The van der Waals surface area contributed by atoms with Crippen molar-refractivity contribution in [1.82, 2.24) is 15.3 Å². The van der Waals surface area contributed by atoms with Gasteiger partial charge in [-0.15, -0.1) is 6.42 Å². The average molecular weight is 233 g/mol. The van der Waals surface area contributed by atoms with Crippen LogP contribution in [0.1, 0.15) is 16.2 Å². The molecule has 1 aromatic rings. The van der Waals surface area contributed by atoms with Crippen molar-refractivity contribution in [3.05, 3.63) is 23.8 Å². The highest BCUT2D eigenvalue weighted by molar-refractivity contribution is 5.89. The molecule has 0 saturated heterocycles. The summed E-state index contributed by atoms with van der Waals surface area (Å²) in [6, 6.07) is 0. The van der Waals surface area contributed by atoms with Gasteiger partial charge in [-0.2, -0.15) is 0 Å². The summed E-state index contributed by atoms with van der Waals surface area (Å²) in [4.78, 5) is 30.2. The maximum Gasteiger partial charge on any atom is 0.359 e. The Morgan fingerprint density at radius 2 is 2.24 bits per heavy atom. The fourth-order valence-corrected chi connectivity index (χ4v) is 0.904. The second kappa shape index (κ2) is 6.23. The van der Waals surface area contributed by atoms with Gasteiger partial charge in [0.1, 0.15) is 0 Å². The molecule has 0 aliphatic rings. The molecule has 0 spiro atoms. The Kier molecular flexibility index (Phi) is 4.63. The van der Waals surface area contributed by atoms with E-state index in [1.54, 1.807) is 6.92 Å². The molecule has 0 atom stereocenters. The van der Waals surface area contributed by atoms with Gasteiger partial charge in [0.25, 0.3) is 5.91 Å². The minimum atomic E-state index is -0.701. The van der Waals surface area contributed by atoms with E-state index in [9.17, 15) is 9.59 Å². The molecule has 0 aliphatic carbocycles. The van der Waals surface area contributed by atoms with Crippen LogP contribution in [0.2, 0.25) is 0 Å². The van der Waals surface area contributed by atoms with E-state index in [0.29, 0.717) is 5.69 Å². The first-order valence-corrected chi connectivity index (χ1v) is 4.79. The molecule has 6 nitrogen and oxygen atoms in total. The van der Waals surface area contributed by atoms with Gasteiger partial charge in [-0.1, -0.05) is 5.92 Å². The van der Waals surface area contributed by atoms with Crippen LogP contribution in [-0.4, -0.2) is 35.0 Å². The number of hydrogen-bond donors (Lipinski definition) is 1. The SMILES string of the molecule is C#CCNC(=O)COC(=O)c1cnc(C)cn1. The second-order valence-electron chi connectivity index (χ2n) is 3.10. The van der Waals surface area contributed by atoms with Crippen LogP contribution >= 0.6 is 0 Å². The molecule has 17 heavy (non-hydrogen) atoms. The van der Waals surface area contributed by atoms with Gasteiger partial charge >= 0.3 is 5.97 Å². The molecule has 0 aliphatic heterocycles. The summed E-state index contributed by atoms with van der Waals surface area (Å²) in [6.07, 6.45) is 7.68. The molecule has 0 saturated carbocycles. The minimum Gasteiger partial charge on any atom is -0.451 e. The summed E-state index contributed by atoms with van der Waals surface area (Å²) in [5, 5.41) is 2.36. The molecular formula is C11H11N3O3. The lowest BCUT2D eigenvalue weighted by atomic mass is 10.4. The highest BCUT2D eigenvalue weighted by Crippen LogP contribution is 1.96. The predicted octanol–water partition coefficient (Wildman–Crippen LogP) is -0.309. The third-order valence-corrected chi connectivity index (χ3v) is 1.71. The van der Waals surface area contributed by atoms with Crippen LogP contribution < -0.4 is 5.32 Å². The number of esters is 1. The average Bonchev–Trinajstić information content (AvgIpc) is 2.34. The van der Waals surface area contributed by atoms with Crippen LogP contribution in [0.5, 0.6) is 0 Å². The molecule has 0 aromatic carbocycles. The van der Waals surface area contributed by atoms with E-state index < -0.39 is 18.5 Å². The fourth-order valence-electron chi connectivity index (χ4n) is 0.904. The first kappa shape index (κ1) is 12.6. The Bertz CT molecular complexity index is 448. The van der Waals surface area contributed by atoms with Crippen LogP contribution in [0.4, 0.5) is 0 Å². The normalized spacial score (nSPS) is 9.18. The number of carbonyl (C=O) groups excluding carboxylic acids is 2. The number of aryl methyl sites for hydroxylation is 1. The lowest BCUT2D eigenvalue weighted by Crippen LogP contribution is -2.29. The van der Waals surface area contributed by atoms with E-state index in [0.717, 1.165) is 0 Å². The van der Waals surface area contributed by atoms with Gasteiger partial charge in [-0.3, -0.25) is 9.78 Å². The van der Waals surface area contributed by atoms with E-state index >= 15 is 0 Å². The monoisotopic (exact) mass is 233 g/mol. The number of hydrogen-bond acceptors (Lipinski definition) is 5. The van der Waals surface area contributed by atoms with E-state index in [1.807, 2.05) is 0 Å². The van der Waals surface area contributed by atoms with Gasteiger partial charge in [-0.25, -0.2) is 9.78 Å². The Labute approximate surface area is 98.4 Å². The molecule has 0 radical (unpaired) electrons. The number of nitrogens with one attached hydrogen (secondary N) is 1. The van der Waals surface area contributed by atoms with Crippen molar-refractivity contribution >= 4 is 11.9 Å². The number of carbonyl (C=O) groups is 2. The third-order valence-electron chi connectivity index (χ3n) is 1.71. The first-order chi connectivity index (χ1) is 8.13. The van der Waals surface area contributed by atoms with Gasteiger partial charge in [0.15, 0.2) is 12.3 Å². The molecule has 1 N–H and O–H groups in total. The van der Waals surface area contributed by atoms with Crippen molar-refractivity contribution in [3.63, 3.8) is 0 Å². The summed E-state index contributed by atoms with van der Waals surface area (Å²) < 4.78 is 4.70. The maximum absolute atomic E-state index is 11.4. The molecule has 1 heterocycles. The summed E-state index contributed by atoms with van der Waals surface area (Å²) in [5.74, 6) is 1.07. The Hall–Kier alpha value is -2.42. The predicted molar refractivity (Wildman–Crippen MR) is 58.9 cm³/mol. The summed E-state index contributed by atoms with van der Waals surface area (Å²) in [6.45, 7) is 1.45. The Balaban J connectivity index is 2.42. The van der Waals surface area contributed by atoms with E-state index in [2.05, 4.69) is 21.2 Å². The van der Waals surface area contributed by atoms with Crippen LogP contribution in [0, 0.1) is 19.3 Å². The van der Waals surface area contributed by atoms with Crippen molar-refractivity contribution < 1.29 is 14.3 Å². The number of terminal acetylenes is 1. The Morgan fingerprint density at radius 1 is 1.47 bits per heavy atom. The zero-order chi connectivity index (χ0) is 12.7. The summed E-state index contributed by atoms with van der Waals surface area (Å²) in [5.41, 5.74) is 0.744. The smallest absolute Gasteiger partial charge is 0.359 e. The van der Waals surface area contributed by atoms with E-state index in [4.69, 9.17) is 11.2 Å². The highest BCUT2D eigenvalue weighted by atomic mass is 16.5. The molecule has 88 valence electrons. The van der Waals surface area contributed by atoms with Crippen molar-refractivity contribution in [3.8, 4) is 12.3 Å². The molecule has 1 aromatic heterocycles. The number of ether oxygens (including phenoxy) is 1. The summed E-state index contributed by atoms with van der Waals surface area (Å²) >= 11 is 0. The number of amides is 1. The van der Waals surface area contributed by atoms with Crippen molar-refractivity contribution in [2.75, 3.05) is 13.2 Å². The van der Waals surface area contributed by atoms with Crippen LogP contribution in [0.3, 0.4) is 0 Å². The lowest BCUT2D eigenvalue weighted by molar-refractivity contribution is -0.123. The van der Waals surface area contributed by atoms with E-state index in [-0.39, 0.29) is 12.2 Å². The maximum atomic E-state index is 11.4. The zero-order valence-electron chi connectivity index (χ0n) is 9.27. The molecule has 0 unspecified atom stereocenters. The van der Waals surface area contributed by atoms with Crippen LogP contribution in [0.25, 0.3) is 0 Å². The highest BCUT2D eigenvalue weighted by Gasteiger charge is 2.11. The number of nitrogens with zero attached hydrogens (tertiary/aromatic N) is 2. The van der Waals surface area contributed by atoms with Gasteiger partial charge in [0.05, 0.1) is 18.4 Å². The zero-order valence-corrected chi connectivity index (χ0v) is 9.27. The molecule has 0 fully saturated rings. The fraction of sp³-hybridized carbons (Fsp3) is 0.273. The van der Waals surface area contributed by atoms with Crippen LogP contribution in [0.15, 0.2) is 12.4 Å². The quantitative estimate of drug-likeness (QED) is 0.570. The topological polar surface area (TPSA) is 81.2 Å². The van der Waals surface area contributed by atoms with Gasteiger partial charge in [0, 0.05) is 6.20 Å².